The van der Waals surface area contributed by atoms with Crippen LogP contribution in [0.3, 0.4) is 0 Å². The number of thioether (sulfide) groups is 1. The smallest absolute Gasteiger partial charge is 0.173 e. The third-order valence-corrected chi connectivity index (χ3v) is 5.35. The molecule has 2 aromatic carbocycles. The van der Waals surface area contributed by atoms with Crippen molar-refractivity contribution in [3.05, 3.63) is 77.7 Å². The van der Waals surface area contributed by atoms with Crippen LogP contribution >= 0.6 is 11.8 Å². The second kappa shape index (κ2) is 7.32. The molecule has 0 unspecified atom stereocenters. The fourth-order valence-corrected chi connectivity index (χ4v) is 3.85. The summed E-state index contributed by atoms with van der Waals surface area (Å²) >= 11 is 1.41. The zero-order valence-corrected chi connectivity index (χ0v) is 15.9. The van der Waals surface area contributed by atoms with Crippen molar-refractivity contribution in [3.8, 4) is 5.69 Å². The summed E-state index contributed by atoms with van der Waals surface area (Å²) in [7, 11) is 0. The summed E-state index contributed by atoms with van der Waals surface area (Å²) in [5.74, 6) is 0.402. The molecule has 0 aliphatic carbocycles. The standard InChI is InChI=1S/C21H18N4OS/c1-14-8-9-18(15(2)10-14)25-20-17(11-24-25)21(23-13-22-20)27-12-19(26)16-6-4-3-5-7-16/h3-11,13H,12H2,1-2H3. The molecule has 5 nitrogen and oxygen atoms in total. The Hall–Kier alpha value is -2.99. The molecule has 4 rings (SSSR count). The first-order valence-electron chi connectivity index (χ1n) is 8.61. The lowest BCUT2D eigenvalue weighted by Gasteiger charge is -2.08. The Morgan fingerprint density at radius 1 is 1.07 bits per heavy atom. The molecule has 0 amide bonds. The number of fused-ring (bicyclic) bond motifs is 1. The van der Waals surface area contributed by atoms with Crippen LogP contribution in [0.4, 0.5) is 0 Å². The Balaban J connectivity index is 1.64. The molecule has 0 fully saturated rings. The van der Waals surface area contributed by atoms with E-state index >= 15 is 0 Å². The van der Waals surface area contributed by atoms with Gasteiger partial charge in [-0.15, -0.1) is 0 Å². The highest BCUT2D eigenvalue weighted by Gasteiger charge is 2.14. The van der Waals surface area contributed by atoms with E-state index in [1.807, 2.05) is 41.1 Å². The minimum absolute atomic E-state index is 0.0779. The Kier molecular flexibility index (Phi) is 4.73. The van der Waals surface area contributed by atoms with Crippen LogP contribution in [0.25, 0.3) is 16.7 Å². The predicted octanol–water partition coefficient (Wildman–Crippen LogP) is 4.41. The molecule has 0 bridgehead atoms. The number of nitrogens with zero attached hydrogens (tertiary/aromatic N) is 4. The highest BCUT2D eigenvalue weighted by Crippen LogP contribution is 2.27. The van der Waals surface area contributed by atoms with Gasteiger partial charge in [-0.2, -0.15) is 5.10 Å². The topological polar surface area (TPSA) is 60.7 Å². The van der Waals surface area contributed by atoms with Crippen LogP contribution < -0.4 is 0 Å². The van der Waals surface area contributed by atoms with E-state index in [4.69, 9.17) is 0 Å². The van der Waals surface area contributed by atoms with Crippen LogP contribution in [0.1, 0.15) is 21.5 Å². The summed E-state index contributed by atoms with van der Waals surface area (Å²) in [5, 5.41) is 6.13. The lowest BCUT2D eigenvalue weighted by molar-refractivity contribution is 0.102. The molecule has 0 saturated carbocycles. The number of carbonyl (C=O) groups excluding carboxylic acids is 1. The second-order valence-electron chi connectivity index (χ2n) is 6.34. The number of aryl methyl sites for hydroxylation is 2. The third-order valence-electron chi connectivity index (χ3n) is 4.35. The van der Waals surface area contributed by atoms with E-state index in [-0.39, 0.29) is 5.78 Å². The normalized spacial score (nSPS) is 11.0. The number of aromatic nitrogens is 4. The van der Waals surface area contributed by atoms with Gasteiger partial charge in [-0.25, -0.2) is 14.6 Å². The molecule has 27 heavy (non-hydrogen) atoms. The van der Waals surface area contributed by atoms with Gasteiger partial charge in [0.2, 0.25) is 0 Å². The summed E-state index contributed by atoms with van der Waals surface area (Å²) in [6.45, 7) is 4.13. The molecule has 0 saturated heterocycles. The number of Topliss-reactive ketones (excluding diaryl/α,β-unsaturated/α-hetero) is 1. The van der Waals surface area contributed by atoms with Crippen molar-refractivity contribution >= 4 is 28.6 Å². The van der Waals surface area contributed by atoms with Gasteiger partial charge in [-0.05, 0) is 25.5 Å². The third kappa shape index (κ3) is 3.48. The van der Waals surface area contributed by atoms with E-state index in [0.29, 0.717) is 11.3 Å². The largest absolute Gasteiger partial charge is 0.293 e. The molecular weight excluding hydrogens is 356 g/mol. The predicted molar refractivity (Wildman–Crippen MR) is 108 cm³/mol. The monoisotopic (exact) mass is 374 g/mol. The lowest BCUT2D eigenvalue weighted by atomic mass is 10.1. The van der Waals surface area contributed by atoms with E-state index in [2.05, 4.69) is 41.0 Å². The van der Waals surface area contributed by atoms with Crippen molar-refractivity contribution in [1.29, 1.82) is 0 Å². The quantitative estimate of drug-likeness (QED) is 0.294. The molecule has 0 N–H and O–H groups in total. The average Bonchev–Trinajstić information content (AvgIpc) is 3.11. The Bertz CT molecular complexity index is 1120. The minimum Gasteiger partial charge on any atom is -0.293 e. The summed E-state index contributed by atoms with van der Waals surface area (Å²) in [4.78, 5) is 21.2. The molecule has 0 atom stereocenters. The Morgan fingerprint density at radius 2 is 1.89 bits per heavy atom. The number of hydrogen-bond donors (Lipinski definition) is 0. The molecule has 2 aromatic heterocycles. The SMILES string of the molecule is Cc1ccc(-n2ncc3c(SCC(=O)c4ccccc4)ncnc32)c(C)c1. The Morgan fingerprint density at radius 3 is 2.67 bits per heavy atom. The molecule has 2 heterocycles. The fourth-order valence-electron chi connectivity index (χ4n) is 3.00. The first-order chi connectivity index (χ1) is 13.1. The van der Waals surface area contributed by atoms with Crippen molar-refractivity contribution in [2.75, 3.05) is 5.75 Å². The average molecular weight is 374 g/mol. The molecule has 4 aromatic rings. The van der Waals surface area contributed by atoms with Crippen molar-refractivity contribution in [2.24, 2.45) is 0 Å². The summed E-state index contributed by atoms with van der Waals surface area (Å²) in [6, 6.07) is 15.5. The lowest BCUT2D eigenvalue weighted by Crippen LogP contribution is -2.03. The van der Waals surface area contributed by atoms with Crippen LogP contribution in [0, 0.1) is 13.8 Å². The molecule has 0 aliphatic heterocycles. The van der Waals surface area contributed by atoms with Gasteiger partial charge in [0.05, 0.1) is 23.0 Å². The van der Waals surface area contributed by atoms with Gasteiger partial charge < -0.3 is 0 Å². The van der Waals surface area contributed by atoms with Crippen LogP contribution in [0.5, 0.6) is 0 Å². The minimum atomic E-state index is 0.0779. The zero-order chi connectivity index (χ0) is 18.8. The first kappa shape index (κ1) is 17.4. The Labute approximate surface area is 161 Å². The van der Waals surface area contributed by atoms with Gasteiger partial charge in [-0.1, -0.05) is 59.8 Å². The maximum Gasteiger partial charge on any atom is 0.173 e. The van der Waals surface area contributed by atoms with Gasteiger partial charge >= 0.3 is 0 Å². The molecule has 0 spiro atoms. The molecule has 6 heteroatoms. The van der Waals surface area contributed by atoms with Crippen LogP contribution in [-0.2, 0) is 0 Å². The van der Waals surface area contributed by atoms with E-state index in [1.165, 1.54) is 23.7 Å². The number of carbonyl (C=O) groups is 1. The summed E-state index contributed by atoms with van der Waals surface area (Å²) in [6.07, 6.45) is 3.29. The highest BCUT2D eigenvalue weighted by molar-refractivity contribution is 8.00. The van der Waals surface area contributed by atoms with Crippen molar-refractivity contribution in [2.45, 2.75) is 18.9 Å². The molecule has 0 aliphatic rings. The summed E-state index contributed by atoms with van der Waals surface area (Å²) < 4.78 is 1.83. The van der Waals surface area contributed by atoms with Gasteiger partial charge in [0.1, 0.15) is 11.4 Å². The maximum absolute atomic E-state index is 12.4. The number of benzene rings is 2. The molecule has 134 valence electrons. The maximum atomic E-state index is 12.4. The number of hydrogen-bond acceptors (Lipinski definition) is 5. The van der Waals surface area contributed by atoms with Crippen molar-refractivity contribution in [1.82, 2.24) is 19.7 Å². The van der Waals surface area contributed by atoms with Gasteiger partial charge in [-0.3, -0.25) is 4.79 Å². The first-order valence-corrected chi connectivity index (χ1v) is 9.59. The van der Waals surface area contributed by atoms with Gasteiger partial charge in [0.25, 0.3) is 0 Å². The summed E-state index contributed by atoms with van der Waals surface area (Å²) in [5.41, 5.74) is 4.78. The van der Waals surface area contributed by atoms with Crippen molar-refractivity contribution in [3.63, 3.8) is 0 Å². The van der Waals surface area contributed by atoms with Crippen LogP contribution in [0.15, 0.2) is 66.1 Å². The van der Waals surface area contributed by atoms with E-state index < -0.39 is 0 Å². The van der Waals surface area contributed by atoms with Crippen LogP contribution in [0.2, 0.25) is 0 Å². The van der Waals surface area contributed by atoms with E-state index in [0.717, 1.165) is 27.3 Å². The van der Waals surface area contributed by atoms with Gasteiger partial charge in [0.15, 0.2) is 11.4 Å². The molecular formula is C21H18N4OS. The van der Waals surface area contributed by atoms with Gasteiger partial charge in [0, 0.05) is 5.56 Å². The van der Waals surface area contributed by atoms with Crippen LogP contribution in [-0.4, -0.2) is 31.3 Å². The zero-order valence-electron chi connectivity index (χ0n) is 15.1. The molecule has 0 radical (unpaired) electrons. The number of rotatable bonds is 5. The second-order valence-corrected chi connectivity index (χ2v) is 7.30. The number of ketones is 1. The van der Waals surface area contributed by atoms with E-state index in [1.54, 1.807) is 6.20 Å². The van der Waals surface area contributed by atoms with E-state index in [9.17, 15) is 4.79 Å². The highest BCUT2D eigenvalue weighted by atomic mass is 32.2. The van der Waals surface area contributed by atoms with Crippen molar-refractivity contribution < 1.29 is 4.79 Å². The fraction of sp³-hybridized carbons (Fsp3) is 0.143.